The van der Waals surface area contributed by atoms with E-state index < -0.39 is 0 Å². The Labute approximate surface area is 149 Å². The van der Waals surface area contributed by atoms with Gasteiger partial charge in [-0.25, -0.2) is 4.39 Å². The highest BCUT2D eigenvalue weighted by molar-refractivity contribution is 5.63. The second-order valence-electron chi connectivity index (χ2n) is 6.31. The summed E-state index contributed by atoms with van der Waals surface area (Å²) in [5.74, 6) is 0.634. The first-order valence-corrected chi connectivity index (χ1v) is 8.93. The van der Waals surface area contributed by atoms with E-state index in [9.17, 15) is 4.39 Å². The molecule has 136 valence electrons. The molecule has 2 aromatic carbocycles. The lowest BCUT2D eigenvalue weighted by molar-refractivity contribution is 0.141. The number of unbranched alkanes of at least 4 members (excludes halogenated alkanes) is 3. The first-order valence-electron chi connectivity index (χ1n) is 8.93. The van der Waals surface area contributed by atoms with Crippen molar-refractivity contribution in [3.05, 3.63) is 54.3 Å². The molecule has 0 saturated carbocycles. The van der Waals surface area contributed by atoms with Gasteiger partial charge in [-0.05, 0) is 48.2 Å². The number of hydrogen-bond acceptors (Lipinski definition) is 3. The lowest BCUT2D eigenvalue weighted by Gasteiger charge is -2.10. The summed E-state index contributed by atoms with van der Waals surface area (Å²) in [4.78, 5) is 0. The third-order valence-corrected chi connectivity index (χ3v) is 4.32. The van der Waals surface area contributed by atoms with Crippen LogP contribution in [0.5, 0.6) is 5.75 Å². The minimum Gasteiger partial charge on any atom is -0.494 e. The Morgan fingerprint density at radius 1 is 0.760 bits per heavy atom. The van der Waals surface area contributed by atoms with Crippen LogP contribution in [0.15, 0.2) is 48.5 Å². The molecule has 0 bridgehead atoms. The van der Waals surface area contributed by atoms with Crippen LogP contribution >= 0.6 is 0 Å². The van der Waals surface area contributed by atoms with Crippen molar-refractivity contribution < 1.29 is 19.3 Å². The fourth-order valence-electron chi connectivity index (χ4n) is 2.70. The fraction of sp³-hybridized carbons (Fsp3) is 0.429. The summed E-state index contributed by atoms with van der Waals surface area (Å²) >= 11 is 0. The van der Waals surface area contributed by atoms with Crippen LogP contribution in [0.25, 0.3) is 11.1 Å². The predicted octanol–water partition coefficient (Wildman–Crippen LogP) is 4.42. The molecule has 0 aliphatic carbocycles. The van der Waals surface area contributed by atoms with Gasteiger partial charge in [0.2, 0.25) is 0 Å². The molecule has 0 unspecified atom stereocenters. The summed E-state index contributed by atoms with van der Waals surface area (Å²) < 4.78 is 18.7. The van der Waals surface area contributed by atoms with Crippen LogP contribution < -0.4 is 4.74 Å². The van der Waals surface area contributed by atoms with Gasteiger partial charge in [0, 0.05) is 19.1 Å². The number of rotatable bonds is 11. The third kappa shape index (κ3) is 6.85. The molecule has 0 saturated heterocycles. The van der Waals surface area contributed by atoms with Gasteiger partial charge in [0.25, 0.3) is 0 Å². The number of halogens is 1. The van der Waals surface area contributed by atoms with Gasteiger partial charge in [0.15, 0.2) is 0 Å². The largest absolute Gasteiger partial charge is 0.494 e. The molecule has 0 aromatic heterocycles. The highest BCUT2D eigenvalue weighted by Gasteiger charge is 2.04. The minimum absolute atomic E-state index is 0.0240. The number of aliphatic hydroxyl groups excluding tert-OH is 2. The SMILES string of the molecule is OCC(CO)CCCCCCOc1ccc(-c2ccc(F)cc2)cc1. The van der Waals surface area contributed by atoms with Crippen LogP contribution in [0.2, 0.25) is 0 Å². The van der Waals surface area contributed by atoms with Gasteiger partial charge in [0.1, 0.15) is 11.6 Å². The molecule has 3 nitrogen and oxygen atoms in total. The van der Waals surface area contributed by atoms with Crippen LogP contribution in [-0.4, -0.2) is 30.0 Å². The molecule has 0 fully saturated rings. The topological polar surface area (TPSA) is 49.7 Å². The Kier molecular flexibility index (Phi) is 8.43. The van der Waals surface area contributed by atoms with Crippen molar-refractivity contribution in [1.29, 1.82) is 0 Å². The maximum absolute atomic E-state index is 13.0. The first kappa shape index (κ1) is 19.4. The number of ether oxygens (including phenoxy) is 1. The van der Waals surface area contributed by atoms with E-state index in [-0.39, 0.29) is 24.9 Å². The predicted molar refractivity (Wildman–Crippen MR) is 98.1 cm³/mol. The fourth-order valence-corrected chi connectivity index (χ4v) is 2.70. The van der Waals surface area contributed by atoms with Gasteiger partial charge in [-0.2, -0.15) is 0 Å². The van der Waals surface area contributed by atoms with E-state index in [0.29, 0.717) is 6.61 Å². The molecule has 0 radical (unpaired) electrons. The van der Waals surface area contributed by atoms with Crippen molar-refractivity contribution in [1.82, 2.24) is 0 Å². The van der Waals surface area contributed by atoms with E-state index in [1.165, 1.54) is 12.1 Å². The Hall–Kier alpha value is -1.91. The standard InChI is InChI=1S/C21H27FO3/c22-20-10-6-18(7-11-20)19-8-12-21(13-9-19)25-14-4-2-1-3-5-17(15-23)16-24/h6-13,17,23-24H,1-5,14-16H2. The van der Waals surface area contributed by atoms with Gasteiger partial charge in [-0.1, -0.05) is 43.5 Å². The molecule has 2 rings (SSSR count). The van der Waals surface area contributed by atoms with Crippen LogP contribution in [0.1, 0.15) is 32.1 Å². The molecule has 4 heteroatoms. The van der Waals surface area contributed by atoms with Gasteiger partial charge < -0.3 is 14.9 Å². The summed E-state index contributed by atoms with van der Waals surface area (Å²) in [5.41, 5.74) is 2.02. The summed E-state index contributed by atoms with van der Waals surface area (Å²) in [7, 11) is 0. The Balaban J connectivity index is 1.64. The molecule has 0 heterocycles. The van der Waals surface area contributed by atoms with E-state index in [2.05, 4.69) is 0 Å². The lowest BCUT2D eigenvalue weighted by Crippen LogP contribution is -2.10. The van der Waals surface area contributed by atoms with E-state index in [0.717, 1.165) is 49.0 Å². The van der Waals surface area contributed by atoms with E-state index >= 15 is 0 Å². The quantitative estimate of drug-likeness (QED) is 0.592. The van der Waals surface area contributed by atoms with Crippen LogP contribution in [-0.2, 0) is 0 Å². The minimum atomic E-state index is -0.230. The first-order chi connectivity index (χ1) is 12.2. The van der Waals surface area contributed by atoms with Crippen molar-refractivity contribution in [3.8, 4) is 16.9 Å². The summed E-state index contributed by atoms with van der Waals surface area (Å²) in [6, 6.07) is 14.3. The average molecular weight is 346 g/mol. The monoisotopic (exact) mass is 346 g/mol. The molecule has 0 aliphatic rings. The van der Waals surface area contributed by atoms with E-state index in [1.54, 1.807) is 12.1 Å². The third-order valence-electron chi connectivity index (χ3n) is 4.32. The Bertz CT molecular complexity index is 592. The Morgan fingerprint density at radius 3 is 1.92 bits per heavy atom. The van der Waals surface area contributed by atoms with Crippen molar-refractivity contribution >= 4 is 0 Å². The zero-order valence-corrected chi connectivity index (χ0v) is 14.5. The molecule has 0 spiro atoms. The second kappa shape index (κ2) is 10.9. The van der Waals surface area contributed by atoms with Crippen LogP contribution in [0.3, 0.4) is 0 Å². The molecular formula is C21H27FO3. The van der Waals surface area contributed by atoms with E-state index in [1.807, 2.05) is 24.3 Å². The molecule has 0 atom stereocenters. The summed E-state index contributed by atoms with van der Waals surface area (Å²) in [6.45, 7) is 0.806. The van der Waals surface area contributed by atoms with Crippen molar-refractivity contribution in [2.24, 2.45) is 5.92 Å². The lowest BCUT2D eigenvalue weighted by atomic mass is 10.0. The number of benzene rings is 2. The molecule has 0 amide bonds. The summed E-state index contributed by atoms with van der Waals surface area (Å²) in [6.07, 6.45) is 5.06. The van der Waals surface area contributed by atoms with Gasteiger partial charge in [0.05, 0.1) is 6.61 Å². The summed E-state index contributed by atoms with van der Waals surface area (Å²) in [5, 5.41) is 18.0. The molecule has 25 heavy (non-hydrogen) atoms. The van der Waals surface area contributed by atoms with Crippen LogP contribution in [0, 0.1) is 11.7 Å². The zero-order chi connectivity index (χ0) is 17.9. The maximum Gasteiger partial charge on any atom is 0.123 e. The van der Waals surface area contributed by atoms with E-state index in [4.69, 9.17) is 14.9 Å². The van der Waals surface area contributed by atoms with Crippen molar-refractivity contribution in [3.63, 3.8) is 0 Å². The molecule has 2 N–H and O–H groups in total. The van der Waals surface area contributed by atoms with Crippen LogP contribution in [0.4, 0.5) is 4.39 Å². The van der Waals surface area contributed by atoms with Gasteiger partial charge in [-0.15, -0.1) is 0 Å². The number of hydrogen-bond donors (Lipinski definition) is 2. The second-order valence-corrected chi connectivity index (χ2v) is 6.31. The highest BCUT2D eigenvalue weighted by Crippen LogP contribution is 2.22. The molecule has 2 aromatic rings. The van der Waals surface area contributed by atoms with Crippen molar-refractivity contribution in [2.75, 3.05) is 19.8 Å². The Morgan fingerprint density at radius 2 is 1.32 bits per heavy atom. The maximum atomic E-state index is 13.0. The average Bonchev–Trinajstić information content (AvgIpc) is 2.65. The van der Waals surface area contributed by atoms with Gasteiger partial charge >= 0.3 is 0 Å². The smallest absolute Gasteiger partial charge is 0.123 e. The highest BCUT2D eigenvalue weighted by atomic mass is 19.1. The normalized spacial score (nSPS) is 11.0. The zero-order valence-electron chi connectivity index (χ0n) is 14.5. The van der Waals surface area contributed by atoms with Gasteiger partial charge in [-0.3, -0.25) is 0 Å². The van der Waals surface area contributed by atoms with Crippen molar-refractivity contribution in [2.45, 2.75) is 32.1 Å². The molecular weight excluding hydrogens is 319 g/mol. The molecule has 0 aliphatic heterocycles. The number of aliphatic hydroxyl groups is 2.